The molecule has 0 bridgehead atoms. The van der Waals surface area contributed by atoms with Crippen LogP contribution in [-0.2, 0) is 16.5 Å². The number of aliphatic hydroxyl groups excluding tert-OH is 1. The monoisotopic (exact) mass is 542 g/mol. The zero-order chi connectivity index (χ0) is 25.1. The molecule has 0 heterocycles. The lowest BCUT2D eigenvalue weighted by Crippen LogP contribution is -2.60. The highest BCUT2D eigenvalue weighted by atomic mass is 28.5. The van der Waals surface area contributed by atoms with E-state index in [2.05, 4.69) is 70.8 Å². The van der Waals surface area contributed by atoms with Gasteiger partial charge in [0.15, 0.2) is 16.6 Å². The molecule has 0 aliphatic carbocycles. The van der Waals surface area contributed by atoms with Gasteiger partial charge in [-0.15, -0.1) is 0 Å². The number of hydrogen-bond acceptors (Lipinski definition) is 7. The Balaban J connectivity index is 5.60. The molecule has 2 unspecified atom stereocenters. The number of nitrogens with two attached hydrogens (primary N) is 1. The summed E-state index contributed by atoms with van der Waals surface area (Å²) in [7, 11) is -10.9. The van der Waals surface area contributed by atoms with Gasteiger partial charge in [0.2, 0.25) is 0 Å². The first-order valence-corrected chi connectivity index (χ1v) is 27.0. The van der Waals surface area contributed by atoms with E-state index in [1.54, 1.807) is 0 Å². The highest BCUT2D eigenvalue weighted by molar-refractivity contribution is 6.90. The van der Waals surface area contributed by atoms with E-state index >= 15 is 0 Å². The lowest BCUT2D eigenvalue weighted by molar-refractivity contribution is 0.275. The van der Waals surface area contributed by atoms with Crippen molar-refractivity contribution in [1.29, 1.82) is 0 Å². The Kier molecular flexibility index (Phi) is 14.7. The second-order valence-electron chi connectivity index (χ2n) is 11.5. The van der Waals surface area contributed by atoms with Crippen LogP contribution in [0.15, 0.2) is 0 Å². The van der Waals surface area contributed by atoms with Gasteiger partial charge in [0.25, 0.3) is 0 Å². The van der Waals surface area contributed by atoms with Gasteiger partial charge in [0.05, 0.1) is 0 Å². The third kappa shape index (κ3) is 17.3. The fraction of sp³-hybridized carbons (Fsp3) is 1.00. The topological polar surface area (TPSA) is 95.2 Å². The Morgan fingerprint density at radius 2 is 1.16 bits per heavy atom. The normalized spacial score (nSPS) is 17.2. The number of rotatable bonds is 19. The second kappa shape index (κ2) is 14.4. The summed E-state index contributed by atoms with van der Waals surface area (Å²) in [4.78, 5) is 0. The second-order valence-corrected chi connectivity index (χ2v) is 31.5. The van der Waals surface area contributed by atoms with Crippen molar-refractivity contribution in [2.45, 2.75) is 103 Å². The van der Waals surface area contributed by atoms with Crippen LogP contribution >= 0.6 is 0 Å². The van der Waals surface area contributed by atoms with E-state index in [4.69, 9.17) is 22.2 Å². The SMILES string of the molecule is C[Si](C)(C)O[Si](C)(C)O[Si](C)(CCCCCO)O[Si](C)(CCCNCCN)O[Si](C)(C)C. The standard InChI is InChI=1S/C20H54N2O5Si5/c1-28(2,3)24-30(7,8)26-32(10,19-13-11-12-18-23)27-31(9,25-29(4,5)6)20-14-16-22-17-15-21/h22-23H,11-21H2,1-10H3. The van der Waals surface area contributed by atoms with Crippen molar-refractivity contribution >= 4 is 42.3 Å². The minimum Gasteiger partial charge on any atom is -0.437 e. The molecule has 4 N–H and O–H groups in total. The van der Waals surface area contributed by atoms with Gasteiger partial charge in [-0.3, -0.25) is 0 Å². The van der Waals surface area contributed by atoms with E-state index in [1.165, 1.54) is 0 Å². The summed E-state index contributed by atoms with van der Waals surface area (Å²) >= 11 is 0. The Bertz CT molecular complexity index is 520. The summed E-state index contributed by atoms with van der Waals surface area (Å²) in [5, 5.41) is 12.6. The molecule has 0 aromatic carbocycles. The predicted octanol–water partition coefficient (Wildman–Crippen LogP) is 4.67. The molecule has 0 fully saturated rings. The smallest absolute Gasteiger partial charge is 0.317 e. The van der Waals surface area contributed by atoms with E-state index in [1.807, 2.05) is 0 Å². The zero-order valence-electron chi connectivity index (χ0n) is 22.7. The molecule has 0 radical (unpaired) electrons. The number of hydrogen-bond donors (Lipinski definition) is 3. The third-order valence-electron chi connectivity index (χ3n) is 4.56. The molecule has 0 amide bonds. The van der Waals surface area contributed by atoms with Crippen LogP contribution in [0.2, 0.25) is 77.6 Å². The predicted molar refractivity (Wildman–Crippen MR) is 149 cm³/mol. The number of aliphatic hydroxyl groups is 1. The Morgan fingerprint density at radius 1 is 0.625 bits per heavy atom. The highest BCUT2D eigenvalue weighted by Gasteiger charge is 2.48. The van der Waals surface area contributed by atoms with Crippen LogP contribution in [-0.4, -0.2) is 73.7 Å². The summed E-state index contributed by atoms with van der Waals surface area (Å²) < 4.78 is 27.2. The Hall–Kier alpha value is 0.804. The fourth-order valence-electron chi connectivity index (χ4n) is 4.12. The van der Waals surface area contributed by atoms with Gasteiger partial charge < -0.3 is 32.6 Å². The molecule has 0 aliphatic heterocycles. The summed E-state index contributed by atoms with van der Waals surface area (Å²) in [5.41, 5.74) is 5.60. The summed E-state index contributed by atoms with van der Waals surface area (Å²) in [5.74, 6) is 0. The molecule has 12 heteroatoms. The van der Waals surface area contributed by atoms with Crippen molar-refractivity contribution in [1.82, 2.24) is 5.32 Å². The van der Waals surface area contributed by atoms with Gasteiger partial charge in [-0.1, -0.05) is 12.8 Å². The molecule has 0 rings (SSSR count). The largest absolute Gasteiger partial charge is 0.437 e. The van der Waals surface area contributed by atoms with Gasteiger partial charge in [-0.25, -0.2) is 0 Å². The van der Waals surface area contributed by atoms with Crippen molar-refractivity contribution in [3.8, 4) is 0 Å². The molecule has 32 heavy (non-hydrogen) atoms. The summed E-state index contributed by atoms with van der Waals surface area (Å²) in [6, 6.07) is 1.84. The molecule has 0 spiro atoms. The molecule has 0 aromatic heterocycles. The molecule has 0 saturated heterocycles. The maximum Gasteiger partial charge on any atom is 0.317 e. The van der Waals surface area contributed by atoms with Crippen molar-refractivity contribution < 1.29 is 21.6 Å². The van der Waals surface area contributed by atoms with Crippen LogP contribution in [0.3, 0.4) is 0 Å². The first-order chi connectivity index (χ1) is 14.4. The molecule has 7 nitrogen and oxygen atoms in total. The fourth-order valence-corrected chi connectivity index (χ4v) is 28.0. The van der Waals surface area contributed by atoms with Crippen LogP contribution < -0.4 is 11.1 Å². The first-order valence-electron chi connectivity index (χ1n) is 12.3. The van der Waals surface area contributed by atoms with E-state index < -0.39 is 42.3 Å². The van der Waals surface area contributed by atoms with E-state index in [0.717, 1.165) is 50.9 Å². The van der Waals surface area contributed by atoms with Gasteiger partial charge in [-0.2, -0.15) is 0 Å². The quantitative estimate of drug-likeness (QED) is 0.161. The van der Waals surface area contributed by atoms with Crippen LogP contribution in [0.25, 0.3) is 0 Å². The van der Waals surface area contributed by atoms with Crippen LogP contribution in [0.1, 0.15) is 25.7 Å². The Morgan fingerprint density at radius 3 is 1.66 bits per heavy atom. The highest BCUT2D eigenvalue weighted by Crippen LogP contribution is 2.32. The van der Waals surface area contributed by atoms with Crippen molar-refractivity contribution in [3.63, 3.8) is 0 Å². The molecule has 0 saturated carbocycles. The van der Waals surface area contributed by atoms with Gasteiger partial charge >= 0.3 is 25.7 Å². The average molecular weight is 543 g/mol. The van der Waals surface area contributed by atoms with Gasteiger partial charge in [0.1, 0.15) is 0 Å². The van der Waals surface area contributed by atoms with Crippen molar-refractivity contribution in [3.05, 3.63) is 0 Å². The van der Waals surface area contributed by atoms with E-state index in [9.17, 15) is 5.11 Å². The van der Waals surface area contributed by atoms with Crippen molar-refractivity contribution in [2.75, 3.05) is 26.2 Å². The van der Waals surface area contributed by atoms with Gasteiger partial charge in [0, 0.05) is 19.7 Å². The maximum atomic E-state index is 9.20. The molecule has 2 atom stereocenters. The molecule has 0 aromatic rings. The molecular weight excluding hydrogens is 489 g/mol. The summed E-state index contributed by atoms with van der Waals surface area (Å²) in [6.45, 7) is 24.8. The maximum absolute atomic E-state index is 9.20. The molecule has 194 valence electrons. The first kappa shape index (κ1) is 32.8. The number of nitrogens with one attached hydrogen (secondary N) is 1. The molecular formula is C20H54N2O5Si5. The lowest BCUT2D eigenvalue weighted by Gasteiger charge is -2.44. The number of unbranched alkanes of at least 4 members (excludes halogenated alkanes) is 2. The summed E-state index contributed by atoms with van der Waals surface area (Å²) in [6.07, 6.45) is 3.81. The van der Waals surface area contributed by atoms with Gasteiger partial charge in [-0.05, 0) is 96.9 Å². The van der Waals surface area contributed by atoms with E-state index in [-0.39, 0.29) is 6.61 Å². The van der Waals surface area contributed by atoms with Crippen LogP contribution in [0, 0.1) is 0 Å². The Labute approximate surface area is 204 Å². The zero-order valence-corrected chi connectivity index (χ0v) is 27.7. The minimum atomic E-state index is -2.55. The average Bonchev–Trinajstić information content (AvgIpc) is 2.53. The van der Waals surface area contributed by atoms with Crippen molar-refractivity contribution in [2.24, 2.45) is 5.73 Å². The van der Waals surface area contributed by atoms with Crippen LogP contribution in [0.4, 0.5) is 0 Å². The minimum absolute atomic E-state index is 0.236. The lowest BCUT2D eigenvalue weighted by atomic mass is 10.3. The molecule has 0 aliphatic rings. The van der Waals surface area contributed by atoms with Crippen LogP contribution in [0.5, 0.6) is 0 Å². The third-order valence-corrected chi connectivity index (χ3v) is 22.8. The van der Waals surface area contributed by atoms with E-state index in [0.29, 0.717) is 6.54 Å².